The summed E-state index contributed by atoms with van der Waals surface area (Å²) in [5.74, 6) is 1.94. The normalized spacial score (nSPS) is 34.2. The number of piperidine rings is 1. The van der Waals surface area contributed by atoms with Crippen molar-refractivity contribution in [3.8, 4) is 5.75 Å². The van der Waals surface area contributed by atoms with E-state index in [-0.39, 0.29) is 6.10 Å². The van der Waals surface area contributed by atoms with Crippen LogP contribution >= 0.6 is 0 Å². The maximum atomic E-state index is 6.01. The predicted octanol–water partition coefficient (Wildman–Crippen LogP) is 4.16. The van der Waals surface area contributed by atoms with E-state index in [4.69, 9.17) is 4.74 Å². The number of rotatable bonds is 2. The van der Waals surface area contributed by atoms with Gasteiger partial charge in [-0.3, -0.25) is 0 Å². The van der Waals surface area contributed by atoms with Gasteiger partial charge in [0.2, 0.25) is 0 Å². The number of fused-ring (bicyclic) bond motifs is 1. The number of ether oxygens (including phenoxy) is 1. The summed E-state index contributed by atoms with van der Waals surface area (Å²) in [6.07, 6.45) is 8.47. The third-order valence-electron chi connectivity index (χ3n) is 6.46. The molecule has 0 amide bonds. The summed E-state index contributed by atoms with van der Waals surface area (Å²) in [5.41, 5.74) is 3.67. The minimum absolute atomic E-state index is 0.256. The number of benzene rings is 1. The molecule has 22 heavy (non-hydrogen) atoms. The molecule has 3 aliphatic rings. The topological polar surface area (TPSA) is 12.5 Å². The van der Waals surface area contributed by atoms with E-state index in [1.165, 1.54) is 45.1 Å². The predicted molar refractivity (Wildman–Crippen MR) is 90.6 cm³/mol. The van der Waals surface area contributed by atoms with Gasteiger partial charge in [-0.05, 0) is 82.3 Å². The highest BCUT2D eigenvalue weighted by molar-refractivity contribution is 5.45. The fourth-order valence-corrected chi connectivity index (χ4v) is 5.52. The molecular formula is C20H29NO. The van der Waals surface area contributed by atoms with E-state index in [0.717, 1.165) is 17.7 Å². The Morgan fingerprint density at radius 3 is 2.91 bits per heavy atom. The highest BCUT2D eigenvalue weighted by atomic mass is 16.5. The summed E-state index contributed by atoms with van der Waals surface area (Å²) in [6.45, 7) is 5.50. The van der Waals surface area contributed by atoms with Crippen molar-refractivity contribution in [2.24, 2.45) is 5.92 Å². The smallest absolute Gasteiger partial charge is 0.119 e. The molecule has 1 heterocycles. The maximum absolute atomic E-state index is 6.01. The molecule has 0 radical (unpaired) electrons. The second-order valence-corrected chi connectivity index (χ2v) is 8.00. The molecule has 2 heteroatoms. The fraction of sp³-hybridized carbons (Fsp3) is 0.700. The van der Waals surface area contributed by atoms with Gasteiger partial charge in [-0.25, -0.2) is 0 Å². The Labute approximate surface area is 134 Å². The minimum atomic E-state index is 0.256. The van der Waals surface area contributed by atoms with Gasteiger partial charge in [-0.15, -0.1) is 0 Å². The van der Waals surface area contributed by atoms with E-state index in [1.54, 1.807) is 11.1 Å². The molecule has 3 atom stereocenters. The first-order valence-electron chi connectivity index (χ1n) is 9.10. The molecule has 1 saturated heterocycles. The fourth-order valence-electron chi connectivity index (χ4n) is 5.52. The van der Waals surface area contributed by atoms with Crippen LogP contribution in [0.1, 0.15) is 57.1 Å². The number of hydrogen-bond acceptors (Lipinski definition) is 2. The Bertz CT molecular complexity index is 567. The van der Waals surface area contributed by atoms with Gasteiger partial charge in [-0.1, -0.05) is 18.9 Å². The van der Waals surface area contributed by atoms with Gasteiger partial charge in [0.25, 0.3) is 0 Å². The van der Waals surface area contributed by atoms with E-state index < -0.39 is 0 Å². The van der Waals surface area contributed by atoms with Crippen LogP contribution in [0.25, 0.3) is 0 Å². The molecule has 2 nitrogen and oxygen atoms in total. The van der Waals surface area contributed by atoms with Crippen LogP contribution < -0.4 is 4.74 Å². The molecule has 2 aliphatic carbocycles. The Morgan fingerprint density at radius 1 is 1.23 bits per heavy atom. The number of likely N-dealkylation sites (tertiary alicyclic amines) is 1. The summed E-state index contributed by atoms with van der Waals surface area (Å²) in [6, 6.07) is 7.70. The third kappa shape index (κ3) is 2.11. The van der Waals surface area contributed by atoms with Gasteiger partial charge in [-0.2, -0.15) is 0 Å². The molecular weight excluding hydrogens is 270 g/mol. The first kappa shape index (κ1) is 14.6. The first-order valence-corrected chi connectivity index (χ1v) is 9.10. The van der Waals surface area contributed by atoms with E-state index in [9.17, 15) is 0 Å². The zero-order valence-electron chi connectivity index (χ0n) is 14.3. The second-order valence-electron chi connectivity index (χ2n) is 8.00. The second kappa shape index (κ2) is 5.26. The summed E-state index contributed by atoms with van der Waals surface area (Å²) >= 11 is 0. The Kier molecular flexibility index (Phi) is 3.48. The molecule has 2 fully saturated rings. The molecule has 2 bridgehead atoms. The molecule has 0 aromatic heterocycles. The lowest BCUT2D eigenvalue weighted by molar-refractivity contribution is 0.00266. The molecule has 1 aliphatic heterocycles. The molecule has 1 saturated carbocycles. The summed E-state index contributed by atoms with van der Waals surface area (Å²) in [7, 11) is 2.34. The molecule has 120 valence electrons. The SMILES string of the molecule is CC(C)Oc1ccc2c(c1)[C@]13CCCC[C@@H]1[C@H](C2)N(C)CC3. The highest BCUT2D eigenvalue weighted by Crippen LogP contribution is 2.55. The number of hydrogen-bond donors (Lipinski definition) is 0. The lowest BCUT2D eigenvalue weighted by Crippen LogP contribution is -2.59. The van der Waals surface area contributed by atoms with Crippen molar-refractivity contribution in [1.29, 1.82) is 0 Å². The minimum Gasteiger partial charge on any atom is -0.491 e. The highest BCUT2D eigenvalue weighted by Gasteiger charge is 2.53. The monoisotopic (exact) mass is 299 g/mol. The van der Waals surface area contributed by atoms with Crippen LogP contribution in [0.3, 0.4) is 0 Å². The van der Waals surface area contributed by atoms with Gasteiger partial charge in [0.15, 0.2) is 0 Å². The van der Waals surface area contributed by atoms with Crippen LogP contribution in [0.5, 0.6) is 5.75 Å². The zero-order chi connectivity index (χ0) is 15.3. The van der Waals surface area contributed by atoms with Gasteiger partial charge >= 0.3 is 0 Å². The summed E-state index contributed by atoms with van der Waals surface area (Å²) < 4.78 is 6.01. The molecule has 1 aromatic rings. The van der Waals surface area contributed by atoms with Crippen molar-refractivity contribution in [1.82, 2.24) is 4.90 Å². The van der Waals surface area contributed by atoms with Crippen LogP contribution in [0.15, 0.2) is 18.2 Å². The van der Waals surface area contributed by atoms with Crippen molar-refractivity contribution in [3.63, 3.8) is 0 Å². The number of likely N-dealkylation sites (N-methyl/N-ethyl adjacent to an activating group) is 1. The standard InChI is InChI=1S/C20H29NO/c1-14(2)22-16-8-7-15-12-19-17-6-4-5-9-20(17,18(15)13-16)10-11-21(19)3/h7-8,13-14,17,19H,4-6,9-12H2,1-3H3/t17-,19+,20+/m1/s1. The molecule has 0 spiro atoms. The summed E-state index contributed by atoms with van der Waals surface area (Å²) in [5, 5.41) is 0. The zero-order valence-corrected chi connectivity index (χ0v) is 14.3. The van der Waals surface area contributed by atoms with Crippen LogP contribution in [-0.4, -0.2) is 30.6 Å². The largest absolute Gasteiger partial charge is 0.491 e. The Balaban J connectivity index is 1.80. The maximum Gasteiger partial charge on any atom is 0.119 e. The Morgan fingerprint density at radius 2 is 2.09 bits per heavy atom. The average molecular weight is 299 g/mol. The van der Waals surface area contributed by atoms with Gasteiger partial charge in [0.05, 0.1) is 6.10 Å². The quantitative estimate of drug-likeness (QED) is 0.813. The van der Waals surface area contributed by atoms with Crippen LogP contribution in [-0.2, 0) is 11.8 Å². The molecule has 1 aromatic carbocycles. The average Bonchev–Trinajstić information content (AvgIpc) is 2.51. The van der Waals surface area contributed by atoms with Gasteiger partial charge < -0.3 is 9.64 Å². The van der Waals surface area contributed by atoms with Crippen molar-refractivity contribution in [2.45, 2.75) is 69.9 Å². The first-order chi connectivity index (χ1) is 10.6. The van der Waals surface area contributed by atoms with E-state index in [1.807, 2.05) is 0 Å². The van der Waals surface area contributed by atoms with Crippen LogP contribution in [0.2, 0.25) is 0 Å². The lowest BCUT2D eigenvalue weighted by Gasteiger charge is -2.58. The van der Waals surface area contributed by atoms with Crippen molar-refractivity contribution in [2.75, 3.05) is 13.6 Å². The molecule has 0 N–H and O–H groups in total. The third-order valence-corrected chi connectivity index (χ3v) is 6.46. The van der Waals surface area contributed by atoms with E-state index >= 15 is 0 Å². The van der Waals surface area contributed by atoms with Gasteiger partial charge in [0, 0.05) is 11.5 Å². The lowest BCUT2D eigenvalue weighted by atomic mass is 9.52. The van der Waals surface area contributed by atoms with Crippen LogP contribution in [0, 0.1) is 5.92 Å². The van der Waals surface area contributed by atoms with E-state index in [0.29, 0.717) is 5.41 Å². The van der Waals surface area contributed by atoms with Crippen molar-refractivity contribution < 1.29 is 4.74 Å². The van der Waals surface area contributed by atoms with Crippen molar-refractivity contribution >= 4 is 0 Å². The Hall–Kier alpha value is -1.02. The number of nitrogens with zero attached hydrogens (tertiary/aromatic N) is 1. The summed E-state index contributed by atoms with van der Waals surface area (Å²) in [4.78, 5) is 2.63. The van der Waals surface area contributed by atoms with Crippen molar-refractivity contribution in [3.05, 3.63) is 29.3 Å². The molecule has 4 rings (SSSR count). The van der Waals surface area contributed by atoms with Crippen LogP contribution in [0.4, 0.5) is 0 Å². The van der Waals surface area contributed by atoms with Gasteiger partial charge in [0.1, 0.15) is 5.75 Å². The molecule has 0 unspecified atom stereocenters. The van der Waals surface area contributed by atoms with E-state index in [2.05, 4.69) is 44.0 Å².